The number of benzene rings is 1. The molecule has 114 valence electrons. The number of para-hydroxylation sites is 1. The summed E-state index contributed by atoms with van der Waals surface area (Å²) in [5.74, 6) is -0.0428. The first-order valence-electron chi connectivity index (χ1n) is 6.85. The van der Waals surface area contributed by atoms with Crippen molar-refractivity contribution in [3.63, 3.8) is 0 Å². The Morgan fingerprint density at radius 3 is 3.05 bits per heavy atom. The number of ether oxygens (including phenoxy) is 2. The normalized spacial score (nSPS) is 15.8. The van der Waals surface area contributed by atoms with E-state index in [0.29, 0.717) is 11.6 Å². The van der Waals surface area contributed by atoms with Gasteiger partial charge in [-0.05, 0) is 18.6 Å². The predicted octanol–water partition coefficient (Wildman–Crippen LogP) is 2.26. The first-order chi connectivity index (χ1) is 10.7. The van der Waals surface area contributed by atoms with Crippen molar-refractivity contribution in [1.82, 2.24) is 4.98 Å². The van der Waals surface area contributed by atoms with Crippen LogP contribution in [0.15, 0.2) is 29.6 Å². The number of thiazole rings is 1. The van der Waals surface area contributed by atoms with Crippen molar-refractivity contribution in [2.24, 2.45) is 0 Å². The van der Waals surface area contributed by atoms with Crippen LogP contribution in [-0.4, -0.2) is 29.6 Å². The lowest BCUT2D eigenvalue weighted by Crippen LogP contribution is -2.31. The molecular formula is C15H14N2O4S. The number of nitrogens with one attached hydrogen (secondary N) is 1. The molecule has 7 heteroatoms. The van der Waals surface area contributed by atoms with Gasteiger partial charge in [0.25, 0.3) is 5.91 Å². The highest BCUT2D eigenvalue weighted by Gasteiger charge is 2.29. The molecule has 1 aliphatic rings. The second-order valence-corrected chi connectivity index (χ2v) is 5.52. The molecule has 0 aliphatic carbocycles. The number of carbonyl (C=O) groups excluding carboxylic acids is 2. The van der Waals surface area contributed by atoms with Crippen molar-refractivity contribution in [3.05, 3.63) is 40.9 Å². The smallest absolute Gasteiger partial charge is 0.357 e. The lowest BCUT2D eigenvalue weighted by atomic mass is 10.1. The van der Waals surface area contributed by atoms with Gasteiger partial charge in [0, 0.05) is 11.8 Å². The van der Waals surface area contributed by atoms with Crippen molar-refractivity contribution in [2.75, 3.05) is 11.9 Å². The zero-order chi connectivity index (χ0) is 15.5. The number of hydrogen-bond donors (Lipinski definition) is 1. The number of fused-ring (bicyclic) bond motifs is 1. The fraction of sp³-hybridized carbons (Fsp3) is 0.267. The number of anilines is 1. The first-order valence-corrected chi connectivity index (χ1v) is 7.73. The standard InChI is InChI=1S/C15H14N2O4S/c1-2-20-14(19)10-8-22-15(16-10)17-13(18)12-7-9-5-3-4-6-11(9)21-12/h3-6,8,12H,2,7H2,1H3,(H,16,17,18). The van der Waals surface area contributed by atoms with Gasteiger partial charge in [-0.1, -0.05) is 18.2 Å². The molecular weight excluding hydrogens is 304 g/mol. The number of amides is 1. The molecule has 0 saturated carbocycles. The molecule has 0 saturated heterocycles. The SMILES string of the molecule is CCOC(=O)c1csc(NC(=O)C2Cc3ccccc3O2)n1. The monoisotopic (exact) mass is 318 g/mol. The van der Waals surface area contributed by atoms with Crippen LogP contribution in [0.3, 0.4) is 0 Å². The zero-order valence-corrected chi connectivity index (χ0v) is 12.7. The van der Waals surface area contributed by atoms with E-state index in [4.69, 9.17) is 9.47 Å². The van der Waals surface area contributed by atoms with E-state index in [2.05, 4.69) is 10.3 Å². The minimum Gasteiger partial charge on any atom is -0.480 e. The molecule has 1 aromatic carbocycles. The van der Waals surface area contributed by atoms with Crippen molar-refractivity contribution in [3.8, 4) is 5.75 Å². The highest BCUT2D eigenvalue weighted by Crippen LogP contribution is 2.29. The van der Waals surface area contributed by atoms with Crippen LogP contribution in [0.1, 0.15) is 23.0 Å². The van der Waals surface area contributed by atoms with E-state index in [9.17, 15) is 9.59 Å². The van der Waals surface area contributed by atoms with Crippen LogP contribution >= 0.6 is 11.3 Å². The van der Waals surface area contributed by atoms with E-state index in [-0.39, 0.29) is 18.2 Å². The maximum Gasteiger partial charge on any atom is 0.357 e. The molecule has 6 nitrogen and oxygen atoms in total. The Labute approximate surface area is 131 Å². The molecule has 1 aromatic heterocycles. The number of aromatic nitrogens is 1. The Kier molecular flexibility index (Phi) is 4.06. The number of rotatable bonds is 4. The van der Waals surface area contributed by atoms with Crippen LogP contribution in [-0.2, 0) is 16.0 Å². The summed E-state index contributed by atoms with van der Waals surface area (Å²) >= 11 is 1.18. The largest absolute Gasteiger partial charge is 0.480 e. The highest BCUT2D eigenvalue weighted by molar-refractivity contribution is 7.14. The topological polar surface area (TPSA) is 77.5 Å². The molecule has 2 aromatic rings. The van der Waals surface area contributed by atoms with Gasteiger partial charge < -0.3 is 9.47 Å². The van der Waals surface area contributed by atoms with Gasteiger partial charge in [-0.3, -0.25) is 10.1 Å². The van der Waals surface area contributed by atoms with E-state index in [1.54, 1.807) is 12.3 Å². The third kappa shape index (κ3) is 2.94. The fourth-order valence-electron chi connectivity index (χ4n) is 2.14. The lowest BCUT2D eigenvalue weighted by molar-refractivity contribution is -0.122. The fourth-order valence-corrected chi connectivity index (χ4v) is 2.83. The second kappa shape index (κ2) is 6.15. The summed E-state index contributed by atoms with van der Waals surface area (Å²) < 4.78 is 10.5. The van der Waals surface area contributed by atoms with E-state index in [1.807, 2.05) is 24.3 Å². The van der Waals surface area contributed by atoms with Gasteiger partial charge in [0.05, 0.1) is 6.61 Å². The Hall–Kier alpha value is -2.41. The highest BCUT2D eigenvalue weighted by atomic mass is 32.1. The van der Waals surface area contributed by atoms with E-state index in [1.165, 1.54) is 11.3 Å². The number of nitrogens with zero attached hydrogens (tertiary/aromatic N) is 1. The van der Waals surface area contributed by atoms with Crippen molar-refractivity contribution in [1.29, 1.82) is 0 Å². The Bertz CT molecular complexity index is 688. The van der Waals surface area contributed by atoms with Crippen molar-refractivity contribution >= 4 is 28.3 Å². The zero-order valence-electron chi connectivity index (χ0n) is 11.9. The summed E-state index contributed by atoms with van der Waals surface area (Å²) in [5.41, 5.74) is 1.20. The third-order valence-corrected chi connectivity index (χ3v) is 3.92. The third-order valence-electron chi connectivity index (χ3n) is 3.16. The number of carbonyl (C=O) groups is 2. The maximum absolute atomic E-state index is 12.2. The van der Waals surface area contributed by atoms with Crippen LogP contribution in [0, 0.1) is 0 Å². The first kappa shape index (κ1) is 14.5. The predicted molar refractivity (Wildman–Crippen MR) is 81.3 cm³/mol. The van der Waals surface area contributed by atoms with Crippen LogP contribution < -0.4 is 10.1 Å². The van der Waals surface area contributed by atoms with Crippen LogP contribution in [0.25, 0.3) is 0 Å². The van der Waals surface area contributed by atoms with Crippen LogP contribution in [0.5, 0.6) is 5.75 Å². The van der Waals surface area contributed by atoms with Gasteiger partial charge in [0.1, 0.15) is 5.75 Å². The van der Waals surface area contributed by atoms with Crippen LogP contribution in [0.2, 0.25) is 0 Å². The lowest BCUT2D eigenvalue weighted by Gasteiger charge is -2.09. The molecule has 0 spiro atoms. The van der Waals surface area contributed by atoms with E-state index >= 15 is 0 Å². The average Bonchev–Trinajstić information content (AvgIpc) is 3.13. The minimum absolute atomic E-state index is 0.192. The molecule has 22 heavy (non-hydrogen) atoms. The molecule has 3 rings (SSSR count). The maximum atomic E-state index is 12.2. The summed E-state index contributed by atoms with van der Waals surface area (Å²) in [6.45, 7) is 2.01. The summed E-state index contributed by atoms with van der Waals surface area (Å²) in [6.07, 6.45) is -0.0506. The van der Waals surface area contributed by atoms with Gasteiger partial charge in [-0.25, -0.2) is 9.78 Å². The molecule has 1 aliphatic heterocycles. The van der Waals surface area contributed by atoms with Gasteiger partial charge in [0.15, 0.2) is 16.9 Å². The number of hydrogen-bond acceptors (Lipinski definition) is 6. The molecule has 1 unspecified atom stereocenters. The molecule has 1 N–H and O–H groups in total. The Morgan fingerprint density at radius 2 is 2.27 bits per heavy atom. The molecule has 0 fully saturated rings. The van der Waals surface area contributed by atoms with E-state index < -0.39 is 12.1 Å². The summed E-state index contributed by atoms with van der Waals surface area (Å²) in [5, 5.41) is 4.58. The molecule has 1 atom stereocenters. The summed E-state index contributed by atoms with van der Waals surface area (Å²) in [6, 6.07) is 7.55. The van der Waals surface area contributed by atoms with Crippen LogP contribution in [0.4, 0.5) is 5.13 Å². The summed E-state index contributed by atoms with van der Waals surface area (Å²) in [4.78, 5) is 27.8. The average molecular weight is 318 g/mol. The van der Waals surface area contributed by atoms with Crippen molar-refractivity contribution < 1.29 is 19.1 Å². The quantitative estimate of drug-likeness (QED) is 0.875. The summed E-state index contributed by atoms with van der Waals surface area (Å²) in [7, 11) is 0. The minimum atomic E-state index is -0.577. The van der Waals surface area contributed by atoms with Gasteiger partial charge in [-0.15, -0.1) is 11.3 Å². The Morgan fingerprint density at radius 1 is 1.45 bits per heavy atom. The van der Waals surface area contributed by atoms with Crippen molar-refractivity contribution in [2.45, 2.75) is 19.4 Å². The molecule has 0 radical (unpaired) electrons. The molecule has 0 bridgehead atoms. The second-order valence-electron chi connectivity index (χ2n) is 4.67. The van der Waals surface area contributed by atoms with E-state index in [0.717, 1.165) is 11.3 Å². The number of esters is 1. The van der Waals surface area contributed by atoms with Gasteiger partial charge >= 0.3 is 5.97 Å². The molecule has 1 amide bonds. The van der Waals surface area contributed by atoms with Gasteiger partial charge in [0.2, 0.25) is 0 Å². The molecule has 2 heterocycles. The Balaban J connectivity index is 1.62. The van der Waals surface area contributed by atoms with Gasteiger partial charge in [-0.2, -0.15) is 0 Å².